The van der Waals surface area contributed by atoms with Crippen LogP contribution in [0.15, 0.2) is 23.5 Å². The molecule has 0 saturated carbocycles. The summed E-state index contributed by atoms with van der Waals surface area (Å²) in [4.78, 5) is 26.2. The molecular weight excluding hydrogens is 353 g/mol. The number of carboxylic acids is 1. The minimum Gasteiger partial charge on any atom is -0.476 e. The molecule has 2 aromatic rings. The number of halogens is 1. The van der Waals surface area contributed by atoms with Gasteiger partial charge in [0.05, 0.1) is 22.6 Å². The first-order chi connectivity index (χ1) is 8.58. The van der Waals surface area contributed by atoms with E-state index in [-0.39, 0.29) is 11.3 Å². The van der Waals surface area contributed by atoms with Crippen molar-refractivity contribution >= 4 is 28.6 Å². The van der Waals surface area contributed by atoms with Gasteiger partial charge in [0.25, 0.3) is 5.56 Å². The predicted molar refractivity (Wildman–Crippen MR) is 68.2 cm³/mol. The maximum Gasteiger partial charge on any atom is 0.358 e. The van der Waals surface area contributed by atoms with E-state index in [0.29, 0.717) is 16.7 Å². The molecule has 0 radical (unpaired) electrons. The van der Waals surface area contributed by atoms with Crippen LogP contribution in [0, 0.1) is 3.57 Å². The van der Waals surface area contributed by atoms with E-state index >= 15 is 0 Å². The first-order valence-corrected chi connectivity index (χ1v) is 5.99. The average molecular weight is 361 g/mol. The fourth-order valence-corrected chi connectivity index (χ4v) is 1.77. The first-order valence-electron chi connectivity index (χ1n) is 4.91. The number of nitrogens with zero attached hydrogens (tertiary/aromatic N) is 5. The van der Waals surface area contributed by atoms with Crippen molar-refractivity contribution in [1.29, 1.82) is 0 Å². The lowest BCUT2D eigenvalue weighted by Gasteiger charge is -2.04. The standard InChI is InChI=1S/C9H8IN5O3/c10-6-3-11-5-14(8(6)16)1-2-15-4-7(9(17)18)12-13-15/h3-5H,1-2H2,(H,17,18). The van der Waals surface area contributed by atoms with Gasteiger partial charge in [-0.05, 0) is 22.6 Å². The van der Waals surface area contributed by atoms with Gasteiger partial charge in [-0.1, -0.05) is 5.21 Å². The zero-order chi connectivity index (χ0) is 13.1. The normalized spacial score (nSPS) is 10.5. The Morgan fingerprint density at radius 1 is 1.44 bits per heavy atom. The molecular formula is C9H8IN5O3. The van der Waals surface area contributed by atoms with Crippen LogP contribution in [0.4, 0.5) is 0 Å². The highest BCUT2D eigenvalue weighted by Gasteiger charge is 2.08. The fraction of sp³-hybridized carbons (Fsp3) is 0.222. The number of aryl methyl sites for hydroxylation is 2. The molecule has 0 unspecified atom stereocenters. The van der Waals surface area contributed by atoms with E-state index in [4.69, 9.17) is 5.11 Å². The van der Waals surface area contributed by atoms with Crippen LogP contribution < -0.4 is 5.56 Å². The van der Waals surface area contributed by atoms with Crippen molar-refractivity contribution in [3.8, 4) is 0 Å². The monoisotopic (exact) mass is 361 g/mol. The SMILES string of the molecule is O=C(O)c1cn(CCn2cncc(I)c2=O)nn1. The molecule has 0 saturated heterocycles. The molecule has 0 amide bonds. The lowest BCUT2D eigenvalue weighted by Crippen LogP contribution is -2.24. The van der Waals surface area contributed by atoms with E-state index < -0.39 is 5.97 Å². The molecule has 0 aliphatic rings. The largest absolute Gasteiger partial charge is 0.476 e. The molecule has 0 aliphatic carbocycles. The molecule has 2 aromatic heterocycles. The molecule has 18 heavy (non-hydrogen) atoms. The lowest BCUT2D eigenvalue weighted by atomic mass is 10.5. The van der Waals surface area contributed by atoms with Crippen LogP contribution in [0.5, 0.6) is 0 Å². The number of aromatic carboxylic acids is 1. The topological polar surface area (TPSA) is 103 Å². The Balaban J connectivity index is 2.09. The van der Waals surface area contributed by atoms with Crippen LogP contribution in [0.25, 0.3) is 0 Å². The quantitative estimate of drug-likeness (QED) is 0.759. The van der Waals surface area contributed by atoms with Crippen molar-refractivity contribution in [2.45, 2.75) is 13.1 Å². The number of aromatic nitrogens is 5. The molecule has 1 N–H and O–H groups in total. The summed E-state index contributed by atoms with van der Waals surface area (Å²) in [6.45, 7) is 0.701. The van der Waals surface area contributed by atoms with Gasteiger partial charge in [0.15, 0.2) is 5.69 Å². The first kappa shape index (κ1) is 12.7. The van der Waals surface area contributed by atoms with E-state index in [1.807, 2.05) is 22.6 Å². The summed E-state index contributed by atoms with van der Waals surface area (Å²) < 4.78 is 3.33. The van der Waals surface area contributed by atoms with E-state index in [0.717, 1.165) is 0 Å². The van der Waals surface area contributed by atoms with Crippen molar-refractivity contribution in [2.24, 2.45) is 0 Å². The predicted octanol–water partition coefficient (Wildman–Crippen LogP) is -0.162. The van der Waals surface area contributed by atoms with Gasteiger partial charge < -0.3 is 5.11 Å². The number of rotatable bonds is 4. The molecule has 0 spiro atoms. The van der Waals surface area contributed by atoms with Gasteiger partial charge in [-0.15, -0.1) is 5.10 Å². The second-order valence-electron chi connectivity index (χ2n) is 3.41. The number of hydrogen-bond donors (Lipinski definition) is 1. The summed E-state index contributed by atoms with van der Waals surface area (Å²) in [5, 5.41) is 15.8. The zero-order valence-electron chi connectivity index (χ0n) is 9.02. The second-order valence-corrected chi connectivity index (χ2v) is 4.57. The summed E-state index contributed by atoms with van der Waals surface area (Å²) in [6, 6.07) is 0. The minimum absolute atomic E-state index is 0.122. The highest BCUT2D eigenvalue weighted by Crippen LogP contribution is 1.96. The Bertz CT molecular complexity index is 635. The van der Waals surface area contributed by atoms with E-state index in [2.05, 4.69) is 15.3 Å². The Morgan fingerprint density at radius 3 is 2.89 bits per heavy atom. The lowest BCUT2D eigenvalue weighted by molar-refractivity contribution is 0.0690. The summed E-state index contributed by atoms with van der Waals surface area (Å²) >= 11 is 1.91. The molecule has 0 bridgehead atoms. The van der Waals surface area contributed by atoms with Gasteiger partial charge in [0.2, 0.25) is 0 Å². The number of hydrogen-bond acceptors (Lipinski definition) is 5. The van der Waals surface area contributed by atoms with Crippen LogP contribution in [-0.2, 0) is 13.1 Å². The molecule has 2 heterocycles. The third-order valence-corrected chi connectivity index (χ3v) is 2.93. The van der Waals surface area contributed by atoms with Gasteiger partial charge >= 0.3 is 5.97 Å². The highest BCUT2D eigenvalue weighted by atomic mass is 127. The summed E-state index contributed by atoms with van der Waals surface area (Å²) in [6.07, 6.45) is 4.23. The van der Waals surface area contributed by atoms with Gasteiger partial charge in [-0.2, -0.15) is 0 Å². The Labute approximate surface area is 114 Å². The molecule has 0 aromatic carbocycles. The Kier molecular flexibility index (Phi) is 3.69. The molecule has 0 atom stereocenters. The maximum atomic E-state index is 11.7. The van der Waals surface area contributed by atoms with Gasteiger partial charge in [-0.25, -0.2) is 14.5 Å². The van der Waals surface area contributed by atoms with Crippen LogP contribution in [0.3, 0.4) is 0 Å². The summed E-state index contributed by atoms with van der Waals surface area (Å²) in [7, 11) is 0. The van der Waals surface area contributed by atoms with Crippen LogP contribution in [0.2, 0.25) is 0 Å². The summed E-state index contributed by atoms with van der Waals surface area (Å²) in [5.74, 6) is -1.13. The summed E-state index contributed by atoms with van der Waals surface area (Å²) in [5.41, 5.74) is -0.257. The molecule has 8 nitrogen and oxygen atoms in total. The molecule has 2 rings (SSSR count). The highest BCUT2D eigenvalue weighted by molar-refractivity contribution is 14.1. The number of carboxylic acid groups (broad SMARTS) is 1. The molecule has 0 fully saturated rings. The van der Waals surface area contributed by atoms with Crippen LogP contribution in [0.1, 0.15) is 10.5 Å². The zero-order valence-corrected chi connectivity index (χ0v) is 11.2. The van der Waals surface area contributed by atoms with Crippen molar-refractivity contribution in [1.82, 2.24) is 24.5 Å². The van der Waals surface area contributed by atoms with E-state index in [1.165, 1.54) is 28.0 Å². The van der Waals surface area contributed by atoms with Gasteiger partial charge in [0.1, 0.15) is 0 Å². The van der Waals surface area contributed by atoms with E-state index in [9.17, 15) is 9.59 Å². The van der Waals surface area contributed by atoms with Crippen molar-refractivity contribution in [3.63, 3.8) is 0 Å². The van der Waals surface area contributed by atoms with Gasteiger partial charge in [-0.3, -0.25) is 9.36 Å². The number of carbonyl (C=O) groups is 1. The van der Waals surface area contributed by atoms with Gasteiger partial charge in [0, 0.05) is 12.7 Å². The smallest absolute Gasteiger partial charge is 0.358 e. The molecule has 94 valence electrons. The second kappa shape index (κ2) is 5.25. The molecule has 0 aliphatic heterocycles. The van der Waals surface area contributed by atoms with E-state index in [1.54, 1.807) is 0 Å². The van der Waals surface area contributed by atoms with Crippen molar-refractivity contribution in [3.05, 3.63) is 38.3 Å². The Morgan fingerprint density at radius 2 is 2.22 bits per heavy atom. The van der Waals surface area contributed by atoms with Crippen molar-refractivity contribution < 1.29 is 9.90 Å². The third kappa shape index (κ3) is 2.72. The average Bonchev–Trinajstić information content (AvgIpc) is 2.80. The fourth-order valence-electron chi connectivity index (χ4n) is 1.30. The van der Waals surface area contributed by atoms with Crippen molar-refractivity contribution in [2.75, 3.05) is 0 Å². The minimum atomic E-state index is -1.13. The third-order valence-electron chi connectivity index (χ3n) is 2.19. The Hall–Kier alpha value is -1.78. The maximum absolute atomic E-state index is 11.7. The van der Waals surface area contributed by atoms with Crippen LogP contribution >= 0.6 is 22.6 Å². The van der Waals surface area contributed by atoms with Crippen LogP contribution in [-0.4, -0.2) is 35.6 Å². The molecule has 9 heteroatoms.